The fourth-order valence-electron chi connectivity index (χ4n) is 5.52. The molecule has 0 bridgehead atoms. The molecular weight excluding hydrogens is 600 g/mol. The van der Waals surface area contributed by atoms with Gasteiger partial charge < -0.3 is 68.6 Å². The minimum Gasteiger partial charge on any atom is -0.504 e. The highest BCUT2D eigenvalue weighted by molar-refractivity contribution is 6.09. The third kappa shape index (κ3) is 5.63. The van der Waals surface area contributed by atoms with Crippen LogP contribution in [0.15, 0.2) is 45.2 Å². The number of rotatable bonds is 6. The van der Waals surface area contributed by atoms with E-state index in [1.54, 1.807) is 13.0 Å². The van der Waals surface area contributed by atoms with Gasteiger partial charge >= 0.3 is 5.43 Å². The van der Waals surface area contributed by atoms with E-state index >= 15 is 0 Å². The van der Waals surface area contributed by atoms with Crippen molar-refractivity contribution < 1.29 is 73.4 Å². The first-order valence-corrected chi connectivity index (χ1v) is 14.1. The maximum absolute atomic E-state index is 10.9. The van der Waals surface area contributed by atoms with Gasteiger partial charge in [-0.15, -0.1) is 0 Å². The van der Waals surface area contributed by atoms with Gasteiger partial charge in [0, 0.05) is 10.9 Å². The van der Waals surface area contributed by atoms with Gasteiger partial charge in [0.25, 0.3) is 0 Å². The summed E-state index contributed by atoms with van der Waals surface area (Å²) in [5.74, 6) is -0.560. The Labute approximate surface area is 253 Å². The highest BCUT2D eigenvalue weighted by Gasteiger charge is 2.47. The van der Waals surface area contributed by atoms with Crippen molar-refractivity contribution in [3.05, 3.63) is 47.6 Å². The van der Waals surface area contributed by atoms with Gasteiger partial charge in [0.15, 0.2) is 29.3 Å². The number of aromatic hydroxyl groups is 2. The van der Waals surface area contributed by atoms with Crippen molar-refractivity contribution in [2.24, 2.45) is 0 Å². The van der Waals surface area contributed by atoms with Gasteiger partial charge in [-0.25, -0.2) is 0 Å². The van der Waals surface area contributed by atoms with Crippen LogP contribution in [0.4, 0.5) is 0 Å². The number of phenols is 2. The average molecular weight is 634 g/mol. The molecule has 0 amide bonds. The molecule has 242 valence electrons. The number of hydrogen-bond acceptors (Lipinski definition) is 14. The molecule has 2 aliphatic rings. The fourth-order valence-corrected chi connectivity index (χ4v) is 5.52. The van der Waals surface area contributed by atoms with Gasteiger partial charge in [0.2, 0.25) is 6.29 Å². The van der Waals surface area contributed by atoms with Crippen molar-refractivity contribution >= 4 is 21.9 Å². The van der Waals surface area contributed by atoms with Gasteiger partial charge in [-0.2, -0.15) is 0 Å². The largest absolute Gasteiger partial charge is 0.504 e. The molecule has 4 aromatic rings. The van der Waals surface area contributed by atoms with Crippen molar-refractivity contribution in [3.8, 4) is 28.6 Å². The highest BCUT2D eigenvalue weighted by atomic mass is 16.7. The van der Waals surface area contributed by atoms with Gasteiger partial charge in [0.05, 0.1) is 30.2 Å². The van der Waals surface area contributed by atoms with E-state index in [4.69, 9.17) is 27.8 Å². The maximum atomic E-state index is 10.9. The number of hydrogen-bond donors (Lipinski definition) is 8. The van der Waals surface area contributed by atoms with Crippen LogP contribution in [0.25, 0.3) is 33.3 Å². The minimum absolute atomic E-state index is 0.0280. The van der Waals surface area contributed by atoms with Crippen molar-refractivity contribution in [2.45, 2.75) is 75.3 Å². The summed E-state index contributed by atoms with van der Waals surface area (Å²) in [4.78, 5) is 10.3. The van der Waals surface area contributed by atoms with Gasteiger partial charge in [-0.1, -0.05) is 0 Å². The van der Waals surface area contributed by atoms with Crippen LogP contribution < -0.4 is 10.2 Å². The zero-order chi connectivity index (χ0) is 32.3. The van der Waals surface area contributed by atoms with Crippen molar-refractivity contribution in [1.29, 1.82) is 0 Å². The fraction of sp³-hybridized carbons (Fsp3) is 0.433. The Morgan fingerprint density at radius 1 is 0.756 bits per heavy atom. The summed E-state index contributed by atoms with van der Waals surface area (Å²) in [6.45, 7) is 2.61. The lowest BCUT2D eigenvalue weighted by molar-refractivity contribution is -0.318. The topological polar surface area (TPSA) is 246 Å². The minimum atomic E-state index is -1.81. The van der Waals surface area contributed by atoms with Crippen LogP contribution in [0.1, 0.15) is 12.7 Å². The molecule has 15 nitrogen and oxygen atoms in total. The molecule has 0 aliphatic carbocycles. The summed E-state index contributed by atoms with van der Waals surface area (Å²) in [5, 5.41) is 83.5. The molecule has 0 spiro atoms. The molecule has 0 radical (unpaired) electrons. The number of aryl methyl sites for hydroxylation is 1. The van der Waals surface area contributed by atoms with Crippen LogP contribution in [-0.2, 0) is 14.2 Å². The van der Waals surface area contributed by atoms with Crippen LogP contribution >= 0.6 is 0 Å². The molecule has 10 atom stereocenters. The van der Waals surface area contributed by atoms with E-state index in [0.29, 0.717) is 16.5 Å². The molecule has 2 fully saturated rings. The molecule has 45 heavy (non-hydrogen) atoms. The summed E-state index contributed by atoms with van der Waals surface area (Å²) in [7, 11) is 0. The molecule has 2 saturated heterocycles. The second-order valence-electron chi connectivity index (χ2n) is 11.2. The Morgan fingerprint density at radius 2 is 1.42 bits per heavy atom. The van der Waals surface area contributed by atoms with Crippen molar-refractivity contribution in [3.63, 3.8) is 0 Å². The average Bonchev–Trinajstić information content (AvgIpc) is 2.99. The summed E-state index contributed by atoms with van der Waals surface area (Å²) in [5.41, 5.74) is 0.445. The first kappa shape index (κ1) is 31.2. The molecule has 6 rings (SSSR count). The number of ether oxygens (including phenoxy) is 4. The summed E-state index contributed by atoms with van der Waals surface area (Å²) in [6, 6.07) is 8.15. The lowest BCUT2D eigenvalue weighted by Gasteiger charge is -2.42. The predicted octanol–water partition coefficient (Wildman–Crippen LogP) is -0.399. The van der Waals surface area contributed by atoms with Crippen LogP contribution in [0.2, 0.25) is 0 Å². The van der Waals surface area contributed by atoms with Crippen LogP contribution in [0.3, 0.4) is 0 Å². The second kappa shape index (κ2) is 11.9. The lowest BCUT2D eigenvalue weighted by atomic mass is 9.98. The van der Waals surface area contributed by atoms with E-state index in [1.807, 2.05) is 0 Å². The second-order valence-corrected chi connectivity index (χ2v) is 11.2. The third-order valence-corrected chi connectivity index (χ3v) is 7.97. The Bertz CT molecular complexity index is 1760. The standard InChI is InChI=1S/C30H32O15/c1-10-5-14-20-17(41-10)7-13(31)8-18(20)43-27(12-3-4-15(32)16(33)6-12)28(14)45-30-26(39)24(37)22(35)19(44-30)9-40-29-25(38)23(36)21(34)11(2)42-29/h3-8,11,19,21-26,29-30,32-39H,9H2,1-2H3/p+1/t11-,19+,21-,22+,23+,24-,25+,26+,29+,30-/m0/s1. The molecule has 2 aromatic carbocycles. The van der Waals surface area contributed by atoms with E-state index in [1.165, 1.54) is 37.3 Å². The van der Waals surface area contributed by atoms with Crippen LogP contribution in [0, 0.1) is 6.92 Å². The SMILES string of the molecule is Cc1cc2c(O[C@@H]3O[C@H](CO[C@@H]4O[C@@H](C)[C@H](O)[C@@H](O)[C@H]4O)[C@@H](O)[C@H](O)[C@H]3O)c(-c3ccc(O)c(O)c3)oc3cc(=[OH+])cc(o1)c32. The normalized spacial score (nSPS) is 32.3. The number of phenolic OH excluding ortho intramolecular Hbond substituents is 2. The van der Waals surface area contributed by atoms with Crippen LogP contribution in [-0.4, -0.2) is 114 Å². The molecule has 2 aliphatic heterocycles. The molecule has 2 aromatic heterocycles. The first-order chi connectivity index (χ1) is 21.3. The van der Waals surface area contributed by atoms with Crippen molar-refractivity contribution in [1.82, 2.24) is 0 Å². The van der Waals surface area contributed by atoms with E-state index < -0.39 is 79.5 Å². The zero-order valence-corrected chi connectivity index (χ0v) is 23.9. The molecule has 0 unspecified atom stereocenters. The predicted molar refractivity (Wildman–Crippen MR) is 150 cm³/mol. The Morgan fingerprint density at radius 3 is 2.13 bits per heavy atom. The van der Waals surface area contributed by atoms with Gasteiger partial charge in [0.1, 0.15) is 59.7 Å². The number of benzene rings is 2. The number of aliphatic hydroxyl groups excluding tert-OH is 6. The third-order valence-electron chi connectivity index (χ3n) is 7.97. The summed E-state index contributed by atoms with van der Waals surface area (Å²) in [6.07, 6.45) is -15.2. The Balaban J connectivity index is 1.38. The Hall–Kier alpha value is -3.77. The smallest absolute Gasteiger partial charge is 0.347 e. The molecule has 9 N–H and O–H groups in total. The van der Waals surface area contributed by atoms with Crippen molar-refractivity contribution in [2.75, 3.05) is 6.61 Å². The zero-order valence-electron chi connectivity index (χ0n) is 23.9. The highest BCUT2D eigenvalue weighted by Crippen LogP contribution is 2.44. The van der Waals surface area contributed by atoms with Gasteiger partial charge in [-0.3, -0.25) is 4.79 Å². The molecular formula is C30H33O15+. The summed E-state index contributed by atoms with van der Waals surface area (Å²) >= 11 is 0. The lowest BCUT2D eigenvalue weighted by Crippen LogP contribution is -2.61. The van der Waals surface area contributed by atoms with Crippen LogP contribution in [0.5, 0.6) is 17.2 Å². The Kier molecular flexibility index (Phi) is 8.23. The maximum Gasteiger partial charge on any atom is 0.347 e. The van der Waals surface area contributed by atoms with E-state index in [9.17, 15) is 45.6 Å². The molecule has 15 heteroatoms. The number of aliphatic hydroxyl groups is 6. The van der Waals surface area contributed by atoms with E-state index in [-0.39, 0.29) is 33.7 Å². The molecule has 0 saturated carbocycles. The van der Waals surface area contributed by atoms with Gasteiger partial charge in [-0.05, 0) is 38.1 Å². The first-order valence-electron chi connectivity index (χ1n) is 14.1. The van der Waals surface area contributed by atoms with E-state index in [2.05, 4.69) is 0 Å². The molecule has 4 heterocycles. The quantitative estimate of drug-likeness (QED) is 0.0995. The van der Waals surface area contributed by atoms with E-state index in [0.717, 1.165) is 0 Å². The summed E-state index contributed by atoms with van der Waals surface area (Å²) < 4.78 is 34.9. The monoisotopic (exact) mass is 633 g/mol.